The highest BCUT2D eigenvalue weighted by Crippen LogP contribution is 2.27. The maximum absolute atomic E-state index is 6.87. The number of benzene rings is 1. The fraction of sp³-hybridized carbons (Fsp3) is 0. The number of rotatable bonds is 1. The Balaban J connectivity index is 2.61. The first-order chi connectivity index (χ1) is 7.24. The van der Waals surface area contributed by atoms with Crippen molar-refractivity contribution >= 4 is 23.1 Å². The molecule has 4 nitrogen and oxygen atoms in total. The minimum absolute atomic E-state index is 0.304. The molecule has 0 fully saturated rings. The van der Waals surface area contributed by atoms with E-state index in [2.05, 4.69) is 9.94 Å². The molecule has 2 rings (SSSR count). The second kappa shape index (κ2) is 3.64. The Hall–Kier alpha value is -1.99. The van der Waals surface area contributed by atoms with Crippen LogP contribution in [0.1, 0.15) is 0 Å². The van der Waals surface area contributed by atoms with Crippen LogP contribution in [0.2, 0.25) is 5.02 Å². The number of nitrogen functional groups attached to an aromatic ring is 1. The molecule has 0 saturated heterocycles. The first kappa shape index (κ1) is 9.56. The van der Waals surface area contributed by atoms with Gasteiger partial charge in [0, 0.05) is 0 Å². The van der Waals surface area contributed by atoms with E-state index < -0.39 is 0 Å². The van der Waals surface area contributed by atoms with Crippen LogP contribution in [0.4, 0.5) is 11.5 Å². The van der Waals surface area contributed by atoms with Gasteiger partial charge in [-0.2, -0.15) is 5.10 Å². The van der Waals surface area contributed by atoms with Gasteiger partial charge in [0.15, 0.2) is 0 Å². The van der Waals surface area contributed by atoms with Gasteiger partial charge in [0.25, 0.3) is 0 Å². The van der Waals surface area contributed by atoms with Crippen molar-refractivity contribution < 1.29 is 0 Å². The molecule has 0 unspecified atom stereocenters. The van der Waals surface area contributed by atoms with E-state index in [1.807, 2.05) is 12.1 Å². The van der Waals surface area contributed by atoms with Gasteiger partial charge >= 0.3 is 0 Å². The summed E-state index contributed by atoms with van der Waals surface area (Å²) in [5, 5.41) is 4.56. The highest BCUT2D eigenvalue weighted by atomic mass is 35.5. The van der Waals surface area contributed by atoms with Gasteiger partial charge in [0.2, 0.25) is 5.69 Å². The summed E-state index contributed by atoms with van der Waals surface area (Å²) in [4.78, 5) is 3.24. The summed E-state index contributed by atoms with van der Waals surface area (Å²) < 4.78 is 1.45. The van der Waals surface area contributed by atoms with Crippen LogP contribution in [-0.2, 0) is 0 Å². The summed E-state index contributed by atoms with van der Waals surface area (Å²) in [6.45, 7) is 6.87. The van der Waals surface area contributed by atoms with Crippen LogP contribution >= 0.6 is 11.6 Å². The van der Waals surface area contributed by atoms with Crippen LogP contribution in [0.25, 0.3) is 10.5 Å². The molecule has 0 spiro atoms. The fourth-order valence-corrected chi connectivity index (χ4v) is 1.47. The molecule has 0 atom stereocenters. The highest BCUT2D eigenvalue weighted by Gasteiger charge is 2.10. The number of hydrogen-bond acceptors (Lipinski definition) is 2. The van der Waals surface area contributed by atoms with E-state index in [-0.39, 0.29) is 0 Å². The number of nitrogens with zero attached hydrogens (tertiary/aromatic N) is 3. The molecule has 74 valence electrons. The van der Waals surface area contributed by atoms with Crippen LogP contribution in [0, 0.1) is 6.57 Å². The normalized spacial score (nSPS) is 9.87. The van der Waals surface area contributed by atoms with Gasteiger partial charge in [-0.15, -0.1) is 0 Å². The third kappa shape index (κ3) is 1.53. The van der Waals surface area contributed by atoms with Crippen molar-refractivity contribution in [2.24, 2.45) is 0 Å². The monoisotopic (exact) mass is 218 g/mol. The lowest BCUT2D eigenvalue weighted by molar-refractivity contribution is 0.891. The summed E-state index contributed by atoms with van der Waals surface area (Å²) in [6.07, 6.45) is 1.42. The van der Waals surface area contributed by atoms with E-state index in [1.54, 1.807) is 12.1 Å². The Morgan fingerprint density at radius 1 is 1.40 bits per heavy atom. The molecular weight excluding hydrogens is 212 g/mol. The minimum Gasteiger partial charge on any atom is -0.392 e. The van der Waals surface area contributed by atoms with Crippen molar-refractivity contribution in [3.63, 3.8) is 0 Å². The molecule has 0 aliphatic heterocycles. The molecule has 0 radical (unpaired) electrons. The predicted octanol–water partition coefficient (Wildman–Crippen LogP) is 2.66. The third-order valence-corrected chi connectivity index (χ3v) is 2.31. The van der Waals surface area contributed by atoms with E-state index in [9.17, 15) is 0 Å². The first-order valence-electron chi connectivity index (χ1n) is 4.20. The van der Waals surface area contributed by atoms with E-state index in [0.717, 1.165) is 0 Å². The molecule has 0 saturated carbocycles. The smallest absolute Gasteiger partial charge is 0.247 e. The average Bonchev–Trinajstić information content (AvgIpc) is 2.60. The summed E-state index contributed by atoms with van der Waals surface area (Å²) in [5.41, 5.74) is 6.74. The molecule has 15 heavy (non-hydrogen) atoms. The van der Waals surface area contributed by atoms with E-state index in [1.165, 1.54) is 10.9 Å². The number of halogens is 1. The second-order valence-electron chi connectivity index (χ2n) is 2.89. The number of nitrogens with two attached hydrogens (primary N) is 1. The molecule has 1 heterocycles. The zero-order chi connectivity index (χ0) is 10.8. The van der Waals surface area contributed by atoms with Crippen LogP contribution < -0.4 is 5.73 Å². The molecule has 1 aromatic carbocycles. The molecule has 0 aliphatic carbocycles. The lowest BCUT2D eigenvalue weighted by atomic mass is 10.3. The lowest BCUT2D eigenvalue weighted by Crippen LogP contribution is -2.01. The van der Waals surface area contributed by atoms with Crippen molar-refractivity contribution in [3.8, 4) is 5.69 Å². The second-order valence-corrected chi connectivity index (χ2v) is 3.30. The Labute approximate surface area is 91.7 Å². The van der Waals surface area contributed by atoms with Gasteiger partial charge in [-0.1, -0.05) is 23.7 Å². The quantitative estimate of drug-likeness (QED) is 0.748. The summed E-state index contributed by atoms with van der Waals surface area (Å²) in [6, 6.07) is 7.19. The third-order valence-electron chi connectivity index (χ3n) is 1.99. The van der Waals surface area contributed by atoms with Crippen molar-refractivity contribution in [2.45, 2.75) is 0 Å². The molecular formula is C10H7ClN4. The largest absolute Gasteiger partial charge is 0.392 e. The highest BCUT2D eigenvalue weighted by molar-refractivity contribution is 6.32. The molecule has 1 aromatic heterocycles. The predicted molar refractivity (Wildman–Crippen MR) is 59.2 cm³/mol. The summed E-state index contributed by atoms with van der Waals surface area (Å²) in [5.74, 6) is 0.304. The molecule has 2 N–H and O–H groups in total. The lowest BCUT2D eigenvalue weighted by Gasteiger charge is -2.05. The SMILES string of the molecule is [C-]#[N+]c1cnn(-c2ccccc2Cl)c1N. The molecule has 2 aromatic rings. The van der Waals surface area contributed by atoms with Gasteiger partial charge < -0.3 is 5.73 Å². The van der Waals surface area contributed by atoms with E-state index >= 15 is 0 Å². The minimum atomic E-state index is 0.304. The van der Waals surface area contributed by atoms with Gasteiger partial charge in [-0.25, -0.2) is 9.53 Å². The Kier molecular flexibility index (Phi) is 2.32. The standard InChI is InChI=1S/C10H7ClN4/c1-13-8-6-14-15(10(8)12)9-5-3-2-4-7(9)11/h2-6H,12H2. The molecule has 0 aliphatic rings. The van der Waals surface area contributed by atoms with Gasteiger partial charge in [-0.05, 0) is 12.1 Å². The molecule has 5 heteroatoms. The first-order valence-corrected chi connectivity index (χ1v) is 4.57. The van der Waals surface area contributed by atoms with Gasteiger partial charge in [0.1, 0.15) is 5.82 Å². The van der Waals surface area contributed by atoms with Crippen molar-refractivity contribution in [2.75, 3.05) is 5.73 Å². The number of para-hydroxylation sites is 1. The van der Waals surface area contributed by atoms with Crippen LogP contribution in [0.3, 0.4) is 0 Å². The summed E-state index contributed by atoms with van der Waals surface area (Å²) in [7, 11) is 0. The maximum Gasteiger partial charge on any atom is 0.247 e. The van der Waals surface area contributed by atoms with Crippen molar-refractivity contribution in [1.82, 2.24) is 9.78 Å². The number of hydrogen-bond donors (Lipinski definition) is 1. The number of anilines is 1. The number of aromatic nitrogens is 2. The van der Waals surface area contributed by atoms with Crippen LogP contribution in [-0.4, -0.2) is 9.78 Å². The van der Waals surface area contributed by atoms with Crippen molar-refractivity contribution in [3.05, 3.63) is 46.9 Å². The van der Waals surface area contributed by atoms with Crippen LogP contribution in [0.5, 0.6) is 0 Å². The Bertz CT molecular complexity index is 539. The van der Waals surface area contributed by atoms with Gasteiger partial charge in [0.05, 0.1) is 23.5 Å². The topological polar surface area (TPSA) is 48.2 Å². The fourth-order valence-electron chi connectivity index (χ4n) is 1.25. The van der Waals surface area contributed by atoms with Crippen molar-refractivity contribution in [1.29, 1.82) is 0 Å². The Morgan fingerprint density at radius 3 is 2.73 bits per heavy atom. The van der Waals surface area contributed by atoms with E-state index in [0.29, 0.717) is 22.2 Å². The molecule has 0 bridgehead atoms. The summed E-state index contributed by atoms with van der Waals surface area (Å²) >= 11 is 5.99. The zero-order valence-corrected chi connectivity index (χ0v) is 8.44. The zero-order valence-electron chi connectivity index (χ0n) is 7.68. The maximum atomic E-state index is 6.87. The van der Waals surface area contributed by atoms with Gasteiger partial charge in [-0.3, -0.25) is 0 Å². The average molecular weight is 219 g/mol. The Morgan fingerprint density at radius 2 is 2.13 bits per heavy atom. The molecule has 0 amide bonds. The van der Waals surface area contributed by atoms with E-state index in [4.69, 9.17) is 23.9 Å². The van der Waals surface area contributed by atoms with Crippen LogP contribution in [0.15, 0.2) is 30.5 Å².